The Morgan fingerprint density at radius 1 is 1.33 bits per heavy atom. The second-order valence-corrected chi connectivity index (χ2v) is 7.20. The van der Waals surface area contributed by atoms with Crippen molar-refractivity contribution < 1.29 is 0 Å². The molecule has 1 aliphatic carbocycles. The molecule has 0 spiro atoms. The van der Waals surface area contributed by atoms with E-state index >= 15 is 0 Å². The zero-order valence-corrected chi connectivity index (χ0v) is 12.9. The molecule has 102 valence electrons. The molecule has 0 aliphatic heterocycles. The van der Waals surface area contributed by atoms with Crippen LogP contribution >= 0.6 is 23.3 Å². The molecule has 1 fully saturated rings. The maximum absolute atomic E-state index is 4.49. The average molecular weight is 285 g/mol. The van der Waals surface area contributed by atoms with Gasteiger partial charge in [0.15, 0.2) is 4.34 Å². The summed E-state index contributed by atoms with van der Waals surface area (Å²) in [5.41, 5.74) is 0. The molecule has 5 heteroatoms. The summed E-state index contributed by atoms with van der Waals surface area (Å²) in [7, 11) is 0. The summed E-state index contributed by atoms with van der Waals surface area (Å²) < 4.78 is 5.42. The van der Waals surface area contributed by atoms with Crippen molar-refractivity contribution in [2.75, 3.05) is 6.54 Å². The van der Waals surface area contributed by atoms with Crippen molar-refractivity contribution in [3.05, 3.63) is 5.82 Å². The molecule has 3 nitrogen and oxygen atoms in total. The lowest BCUT2D eigenvalue weighted by Crippen LogP contribution is -2.37. The highest BCUT2D eigenvalue weighted by Gasteiger charge is 2.25. The molecule has 1 saturated carbocycles. The van der Waals surface area contributed by atoms with Crippen molar-refractivity contribution >= 4 is 23.3 Å². The minimum absolute atomic E-state index is 0.654. The van der Waals surface area contributed by atoms with E-state index in [0.717, 1.165) is 16.7 Å². The quantitative estimate of drug-likeness (QED) is 0.838. The molecule has 1 N–H and O–H groups in total. The van der Waals surface area contributed by atoms with Gasteiger partial charge in [0.2, 0.25) is 0 Å². The first-order chi connectivity index (χ1) is 8.79. The number of thioether (sulfide) groups is 1. The fourth-order valence-electron chi connectivity index (χ4n) is 2.43. The number of hydrogen-bond donors (Lipinski definition) is 1. The molecule has 2 unspecified atom stereocenters. The van der Waals surface area contributed by atoms with Gasteiger partial charge in [-0.05, 0) is 44.3 Å². The molecule has 1 aromatic heterocycles. The Labute approximate surface area is 118 Å². The standard InChI is InChI=1S/C13H23N3S2/c1-3-9-14-11-7-5-4-6-8-12(11)17-13-15-10(2)16-18-13/h11-12,14H,3-9H2,1-2H3. The number of nitrogens with zero attached hydrogens (tertiary/aromatic N) is 2. The monoisotopic (exact) mass is 285 g/mol. The predicted molar refractivity (Wildman–Crippen MR) is 79.5 cm³/mol. The van der Waals surface area contributed by atoms with Crippen LogP contribution in [0.2, 0.25) is 0 Å². The molecule has 2 rings (SSSR count). The van der Waals surface area contributed by atoms with Gasteiger partial charge in [-0.25, -0.2) is 4.98 Å². The summed E-state index contributed by atoms with van der Waals surface area (Å²) in [4.78, 5) is 4.49. The van der Waals surface area contributed by atoms with Gasteiger partial charge in [-0.1, -0.05) is 37.9 Å². The molecular formula is C13H23N3S2. The number of aromatic nitrogens is 2. The zero-order valence-electron chi connectivity index (χ0n) is 11.3. The highest BCUT2D eigenvalue weighted by atomic mass is 32.2. The molecule has 0 radical (unpaired) electrons. The Morgan fingerprint density at radius 3 is 2.89 bits per heavy atom. The maximum atomic E-state index is 4.49. The molecule has 18 heavy (non-hydrogen) atoms. The van der Waals surface area contributed by atoms with Crippen molar-refractivity contribution in [1.82, 2.24) is 14.7 Å². The third kappa shape index (κ3) is 4.21. The smallest absolute Gasteiger partial charge is 0.170 e. The van der Waals surface area contributed by atoms with Crippen LogP contribution in [0, 0.1) is 6.92 Å². The van der Waals surface area contributed by atoms with E-state index in [1.165, 1.54) is 38.5 Å². The topological polar surface area (TPSA) is 37.8 Å². The predicted octanol–water partition coefficient (Wildman–Crippen LogP) is 3.64. The Balaban J connectivity index is 1.96. The Hall–Kier alpha value is -0.130. The number of aryl methyl sites for hydroxylation is 1. The van der Waals surface area contributed by atoms with E-state index < -0.39 is 0 Å². The molecule has 0 saturated heterocycles. The number of rotatable bonds is 5. The summed E-state index contributed by atoms with van der Waals surface area (Å²) in [5, 5.41) is 4.40. The van der Waals surface area contributed by atoms with E-state index in [1.54, 1.807) is 11.5 Å². The fraction of sp³-hybridized carbons (Fsp3) is 0.846. The van der Waals surface area contributed by atoms with E-state index in [0.29, 0.717) is 11.3 Å². The fourth-order valence-corrected chi connectivity index (χ4v) is 4.64. The van der Waals surface area contributed by atoms with Gasteiger partial charge in [0.25, 0.3) is 0 Å². The van der Waals surface area contributed by atoms with Gasteiger partial charge in [0.05, 0.1) is 0 Å². The van der Waals surface area contributed by atoms with Crippen molar-refractivity contribution in [2.45, 2.75) is 68.0 Å². The molecule has 0 amide bonds. The Kier molecular flexibility index (Phi) is 5.92. The van der Waals surface area contributed by atoms with E-state index in [4.69, 9.17) is 0 Å². The highest BCUT2D eigenvalue weighted by molar-refractivity contribution is 8.01. The van der Waals surface area contributed by atoms with Crippen LogP contribution in [0.25, 0.3) is 0 Å². The van der Waals surface area contributed by atoms with Gasteiger partial charge in [0.1, 0.15) is 5.82 Å². The highest BCUT2D eigenvalue weighted by Crippen LogP contribution is 2.33. The first kappa shape index (κ1) is 14.3. The summed E-state index contributed by atoms with van der Waals surface area (Å²) in [6, 6.07) is 0.654. The van der Waals surface area contributed by atoms with Crippen LogP contribution in [0.3, 0.4) is 0 Å². The third-order valence-electron chi connectivity index (χ3n) is 3.37. The molecule has 0 bridgehead atoms. The van der Waals surface area contributed by atoms with Gasteiger partial charge in [0, 0.05) is 11.3 Å². The van der Waals surface area contributed by atoms with Crippen molar-refractivity contribution in [3.8, 4) is 0 Å². The van der Waals surface area contributed by atoms with Crippen LogP contribution in [0.4, 0.5) is 0 Å². The van der Waals surface area contributed by atoms with Crippen LogP contribution < -0.4 is 5.32 Å². The van der Waals surface area contributed by atoms with Gasteiger partial charge in [-0.3, -0.25) is 0 Å². The number of nitrogens with one attached hydrogen (secondary N) is 1. The molecule has 1 heterocycles. The van der Waals surface area contributed by atoms with Gasteiger partial charge in [-0.2, -0.15) is 4.37 Å². The second kappa shape index (κ2) is 7.46. The third-order valence-corrected chi connectivity index (χ3v) is 5.65. The van der Waals surface area contributed by atoms with E-state index in [9.17, 15) is 0 Å². The lowest BCUT2D eigenvalue weighted by atomic mass is 10.1. The minimum atomic E-state index is 0.654. The lowest BCUT2D eigenvalue weighted by molar-refractivity contribution is 0.470. The summed E-state index contributed by atoms with van der Waals surface area (Å²) >= 11 is 3.49. The number of hydrogen-bond acceptors (Lipinski definition) is 5. The minimum Gasteiger partial charge on any atom is -0.313 e. The van der Waals surface area contributed by atoms with Gasteiger partial charge >= 0.3 is 0 Å². The largest absolute Gasteiger partial charge is 0.313 e. The van der Waals surface area contributed by atoms with Crippen molar-refractivity contribution in [1.29, 1.82) is 0 Å². The summed E-state index contributed by atoms with van der Waals surface area (Å²) in [6.45, 7) is 5.34. The molecular weight excluding hydrogens is 262 g/mol. The van der Waals surface area contributed by atoms with E-state index in [-0.39, 0.29) is 0 Å². The van der Waals surface area contributed by atoms with Gasteiger partial charge in [-0.15, -0.1) is 0 Å². The average Bonchev–Trinajstić information content (AvgIpc) is 2.64. The lowest BCUT2D eigenvalue weighted by Gasteiger charge is -2.24. The first-order valence-corrected chi connectivity index (χ1v) is 8.65. The van der Waals surface area contributed by atoms with E-state index in [2.05, 4.69) is 21.6 Å². The van der Waals surface area contributed by atoms with Crippen LogP contribution in [-0.2, 0) is 0 Å². The van der Waals surface area contributed by atoms with Crippen LogP contribution in [0.1, 0.15) is 51.3 Å². The normalized spacial score (nSPS) is 25.0. The Bertz CT molecular complexity index is 354. The molecule has 0 aromatic carbocycles. The Morgan fingerprint density at radius 2 is 2.17 bits per heavy atom. The van der Waals surface area contributed by atoms with Crippen LogP contribution in [-0.4, -0.2) is 27.2 Å². The summed E-state index contributed by atoms with van der Waals surface area (Å²) in [6.07, 6.45) is 7.95. The van der Waals surface area contributed by atoms with Gasteiger partial charge < -0.3 is 5.32 Å². The summed E-state index contributed by atoms with van der Waals surface area (Å²) in [5.74, 6) is 0.911. The van der Waals surface area contributed by atoms with Crippen LogP contribution in [0.15, 0.2) is 4.34 Å². The maximum Gasteiger partial charge on any atom is 0.170 e. The molecule has 1 aromatic rings. The van der Waals surface area contributed by atoms with Crippen LogP contribution in [0.5, 0.6) is 0 Å². The SMILES string of the molecule is CCCNC1CCCCCC1Sc1nc(C)ns1. The second-order valence-electron chi connectivity index (χ2n) is 4.96. The van der Waals surface area contributed by atoms with Crippen molar-refractivity contribution in [3.63, 3.8) is 0 Å². The van der Waals surface area contributed by atoms with Crippen molar-refractivity contribution in [2.24, 2.45) is 0 Å². The van der Waals surface area contributed by atoms with E-state index in [1.807, 2.05) is 18.7 Å². The first-order valence-electron chi connectivity index (χ1n) is 7.00. The zero-order chi connectivity index (χ0) is 12.8. The molecule has 1 aliphatic rings. The molecule has 2 atom stereocenters.